The van der Waals surface area contributed by atoms with E-state index in [-0.39, 0.29) is 0 Å². The lowest BCUT2D eigenvalue weighted by Crippen LogP contribution is -2.29. The molecule has 0 unspecified atom stereocenters. The van der Waals surface area contributed by atoms with Gasteiger partial charge in [-0.05, 0) is 12.0 Å². The second-order valence-electron chi connectivity index (χ2n) is 3.56. The number of H-pyrrole nitrogens is 1. The second-order valence-corrected chi connectivity index (χ2v) is 3.56. The highest BCUT2D eigenvalue weighted by molar-refractivity contribution is 5.80. The van der Waals surface area contributed by atoms with Gasteiger partial charge in [-0.25, -0.2) is 0 Å². The zero-order chi connectivity index (χ0) is 9.42. The van der Waals surface area contributed by atoms with Crippen LogP contribution in [-0.4, -0.2) is 10.2 Å². The van der Waals surface area contributed by atoms with Crippen molar-refractivity contribution in [3.63, 3.8) is 0 Å². The summed E-state index contributed by atoms with van der Waals surface area (Å²) in [6, 6.07) is 1.95. The van der Waals surface area contributed by atoms with Gasteiger partial charge in [-0.1, -0.05) is 13.8 Å². The summed E-state index contributed by atoms with van der Waals surface area (Å²) in [5.41, 5.74) is 2.24. The van der Waals surface area contributed by atoms with Crippen LogP contribution >= 0.6 is 0 Å². The molecule has 0 radical (unpaired) electrons. The van der Waals surface area contributed by atoms with E-state index in [4.69, 9.17) is 0 Å². The highest BCUT2D eigenvalue weighted by Gasteiger charge is 2.12. The molecule has 2 rings (SSSR count). The van der Waals surface area contributed by atoms with E-state index in [1.165, 1.54) is 0 Å². The molecule has 0 bridgehead atoms. The molecule has 0 aromatic carbocycles. The summed E-state index contributed by atoms with van der Waals surface area (Å²) >= 11 is 0. The van der Waals surface area contributed by atoms with Crippen LogP contribution in [0.15, 0.2) is 24.7 Å². The largest absolute Gasteiger partial charge is 0.361 e. The van der Waals surface area contributed by atoms with Crippen molar-refractivity contribution in [2.45, 2.75) is 19.8 Å². The smallest absolute Gasteiger partial charge is 0.231 e. The number of hydrogen-bond acceptors (Lipinski definition) is 1. The molecule has 0 atom stereocenters. The topological polar surface area (TPSA) is 39.9 Å². The van der Waals surface area contributed by atoms with E-state index in [2.05, 4.69) is 18.8 Å². The van der Waals surface area contributed by atoms with Crippen molar-refractivity contribution in [3.05, 3.63) is 30.2 Å². The van der Waals surface area contributed by atoms with E-state index in [0.29, 0.717) is 5.92 Å². The van der Waals surface area contributed by atoms with Crippen molar-refractivity contribution >= 4 is 10.9 Å². The van der Waals surface area contributed by atoms with Gasteiger partial charge in [-0.15, -0.1) is 0 Å². The molecule has 13 heavy (non-hydrogen) atoms. The number of hydrogen-bond donors (Lipinski definition) is 2. The summed E-state index contributed by atoms with van der Waals surface area (Å²) < 4.78 is 1.12. The number of rotatable bonds is 1. The minimum atomic E-state index is 0.403. The minimum absolute atomic E-state index is 0.403. The molecule has 0 saturated carbocycles. The number of aromatic amines is 1. The van der Waals surface area contributed by atoms with Crippen molar-refractivity contribution in [3.8, 4) is 0 Å². The van der Waals surface area contributed by atoms with Gasteiger partial charge < -0.3 is 4.98 Å². The van der Waals surface area contributed by atoms with Gasteiger partial charge in [0, 0.05) is 16.5 Å². The molecule has 0 spiro atoms. The van der Waals surface area contributed by atoms with E-state index < -0.39 is 0 Å². The highest BCUT2D eigenvalue weighted by Crippen LogP contribution is 2.21. The minimum Gasteiger partial charge on any atom is -0.361 e. The molecular weight excluding hydrogens is 164 g/mol. The maximum Gasteiger partial charge on any atom is 0.231 e. The summed E-state index contributed by atoms with van der Waals surface area (Å²) in [5, 5.41) is 10.4. The zero-order valence-corrected chi connectivity index (χ0v) is 7.78. The molecule has 0 aliphatic carbocycles. The molecule has 0 saturated heterocycles. The number of aromatic nitrogens is 2. The van der Waals surface area contributed by atoms with E-state index in [0.717, 1.165) is 21.2 Å². The average molecular weight is 177 g/mol. The lowest BCUT2D eigenvalue weighted by molar-refractivity contribution is -0.904. The van der Waals surface area contributed by atoms with Crippen molar-refractivity contribution in [1.29, 1.82) is 0 Å². The number of nitrogens with one attached hydrogen (secondary N) is 1. The molecule has 2 N–H and O–H groups in total. The van der Waals surface area contributed by atoms with E-state index in [9.17, 15) is 5.21 Å². The van der Waals surface area contributed by atoms with Crippen LogP contribution in [-0.2, 0) is 0 Å². The summed E-state index contributed by atoms with van der Waals surface area (Å²) in [6.07, 6.45) is 5.32. The third-order valence-electron chi connectivity index (χ3n) is 2.23. The first kappa shape index (κ1) is 8.10. The van der Waals surface area contributed by atoms with Crippen LogP contribution < -0.4 is 4.73 Å². The monoisotopic (exact) mass is 177 g/mol. The molecule has 68 valence electrons. The van der Waals surface area contributed by atoms with Gasteiger partial charge in [0.25, 0.3) is 0 Å². The molecule has 0 amide bonds. The Bertz CT molecular complexity index is 431. The van der Waals surface area contributed by atoms with Crippen LogP contribution in [0.1, 0.15) is 25.3 Å². The third-order valence-corrected chi connectivity index (χ3v) is 2.23. The lowest BCUT2D eigenvalue weighted by Gasteiger charge is -2.02. The molecule has 2 aromatic rings. The Labute approximate surface area is 76.6 Å². The maximum atomic E-state index is 9.38. The SMILES string of the molecule is CC(C)c1c[n+](O)cc2cc[nH]c12. The van der Waals surface area contributed by atoms with Gasteiger partial charge in [0.2, 0.25) is 12.4 Å². The predicted octanol–water partition coefficient (Wildman–Crippen LogP) is 1.82. The highest BCUT2D eigenvalue weighted by atomic mass is 16.5. The standard InChI is InChI=1S/C10H12N2O/c1-7(2)9-6-12(13)5-8-3-4-11-10(8)9/h3-7,13H,1-2H3/p+1. The van der Waals surface area contributed by atoms with Gasteiger partial charge in [0.1, 0.15) is 0 Å². The summed E-state index contributed by atoms with van der Waals surface area (Å²) in [7, 11) is 0. The quantitative estimate of drug-likeness (QED) is 0.506. The van der Waals surface area contributed by atoms with Crippen LogP contribution in [0.3, 0.4) is 0 Å². The summed E-state index contributed by atoms with van der Waals surface area (Å²) in [5.74, 6) is 0.403. The second kappa shape index (κ2) is 2.76. The zero-order valence-electron chi connectivity index (χ0n) is 7.78. The molecule has 0 aliphatic rings. The fraction of sp³-hybridized carbons (Fsp3) is 0.300. The predicted molar refractivity (Wildman–Crippen MR) is 49.8 cm³/mol. The normalized spacial score (nSPS) is 11.3. The molecule has 3 heteroatoms. The fourth-order valence-corrected chi connectivity index (χ4v) is 1.56. The Kier molecular flexibility index (Phi) is 1.72. The van der Waals surface area contributed by atoms with Crippen LogP contribution in [0.25, 0.3) is 10.9 Å². The van der Waals surface area contributed by atoms with Crippen LogP contribution in [0.5, 0.6) is 0 Å². The molecule has 0 fully saturated rings. The Morgan fingerprint density at radius 2 is 2.15 bits per heavy atom. The first-order valence-corrected chi connectivity index (χ1v) is 4.40. The Morgan fingerprint density at radius 1 is 1.38 bits per heavy atom. The summed E-state index contributed by atoms with van der Waals surface area (Å²) in [4.78, 5) is 3.17. The van der Waals surface area contributed by atoms with Crippen LogP contribution in [0, 0.1) is 0 Å². The van der Waals surface area contributed by atoms with E-state index in [1.807, 2.05) is 12.3 Å². The first-order valence-electron chi connectivity index (χ1n) is 4.40. The number of pyridine rings is 1. The fourth-order valence-electron chi connectivity index (χ4n) is 1.56. The van der Waals surface area contributed by atoms with Crippen LogP contribution in [0.4, 0.5) is 0 Å². The van der Waals surface area contributed by atoms with Gasteiger partial charge in [-0.3, -0.25) is 5.21 Å². The molecule has 2 heterocycles. The first-order chi connectivity index (χ1) is 6.18. The van der Waals surface area contributed by atoms with E-state index >= 15 is 0 Å². The van der Waals surface area contributed by atoms with Gasteiger partial charge in [-0.2, -0.15) is 0 Å². The molecular formula is C10H13N2O+. The lowest BCUT2D eigenvalue weighted by atomic mass is 10.0. The average Bonchev–Trinajstić information content (AvgIpc) is 2.49. The van der Waals surface area contributed by atoms with Crippen molar-refractivity contribution in [2.75, 3.05) is 0 Å². The number of nitrogens with zero attached hydrogens (tertiary/aromatic N) is 1. The van der Waals surface area contributed by atoms with E-state index in [1.54, 1.807) is 12.4 Å². The maximum absolute atomic E-state index is 9.38. The van der Waals surface area contributed by atoms with Crippen molar-refractivity contribution in [1.82, 2.24) is 4.98 Å². The van der Waals surface area contributed by atoms with Gasteiger partial charge in [0.05, 0.1) is 10.9 Å². The Balaban J connectivity index is 2.77. The Morgan fingerprint density at radius 3 is 2.85 bits per heavy atom. The van der Waals surface area contributed by atoms with Crippen LogP contribution in [0.2, 0.25) is 0 Å². The number of fused-ring (bicyclic) bond motifs is 1. The molecule has 3 nitrogen and oxygen atoms in total. The summed E-state index contributed by atoms with van der Waals surface area (Å²) in [6.45, 7) is 4.21. The molecule has 0 aliphatic heterocycles. The third kappa shape index (κ3) is 1.26. The van der Waals surface area contributed by atoms with Crippen molar-refractivity contribution in [2.24, 2.45) is 0 Å². The van der Waals surface area contributed by atoms with Gasteiger partial charge >= 0.3 is 0 Å². The molecule has 2 aromatic heterocycles. The van der Waals surface area contributed by atoms with Gasteiger partial charge in [0.15, 0.2) is 0 Å². The van der Waals surface area contributed by atoms with Crippen molar-refractivity contribution < 1.29 is 9.94 Å². The Hall–Kier alpha value is -1.51.